The van der Waals surface area contributed by atoms with Gasteiger partial charge in [-0.1, -0.05) is 50.1 Å². The highest BCUT2D eigenvalue weighted by Gasteiger charge is 2.15. The van der Waals surface area contributed by atoms with E-state index in [1.54, 1.807) is 0 Å². The SMILES string of the molecule is CCC(C)CC(CCl)c1ccccc1Cl. The minimum absolute atomic E-state index is 0.385. The molecule has 0 aliphatic heterocycles. The molecule has 0 spiro atoms. The van der Waals surface area contributed by atoms with Gasteiger partial charge >= 0.3 is 0 Å². The van der Waals surface area contributed by atoms with Gasteiger partial charge in [-0.15, -0.1) is 11.6 Å². The van der Waals surface area contributed by atoms with Crippen molar-refractivity contribution in [2.24, 2.45) is 5.92 Å². The lowest BCUT2D eigenvalue weighted by Gasteiger charge is -2.19. The quantitative estimate of drug-likeness (QED) is 0.633. The highest BCUT2D eigenvalue weighted by molar-refractivity contribution is 6.31. The maximum atomic E-state index is 6.17. The van der Waals surface area contributed by atoms with E-state index in [2.05, 4.69) is 19.9 Å². The maximum absolute atomic E-state index is 6.17. The molecule has 2 heteroatoms. The summed E-state index contributed by atoms with van der Waals surface area (Å²) < 4.78 is 0. The molecule has 15 heavy (non-hydrogen) atoms. The molecule has 2 unspecified atom stereocenters. The van der Waals surface area contributed by atoms with Gasteiger partial charge < -0.3 is 0 Å². The molecule has 1 aromatic rings. The lowest BCUT2D eigenvalue weighted by Crippen LogP contribution is -2.06. The van der Waals surface area contributed by atoms with E-state index in [0.717, 1.165) is 11.4 Å². The van der Waals surface area contributed by atoms with Crippen molar-refractivity contribution in [1.82, 2.24) is 0 Å². The molecule has 1 rings (SSSR count). The van der Waals surface area contributed by atoms with Crippen LogP contribution in [0.25, 0.3) is 0 Å². The number of hydrogen-bond donors (Lipinski definition) is 0. The fourth-order valence-electron chi connectivity index (χ4n) is 1.73. The Kier molecular flexibility index (Phi) is 5.49. The first-order valence-corrected chi connectivity index (χ1v) is 6.40. The van der Waals surface area contributed by atoms with Crippen molar-refractivity contribution in [2.75, 3.05) is 5.88 Å². The molecule has 0 radical (unpaired) electrons. The zero-order chi connectivity index (χ0) is 11.3. The van der Waals surface area contributed by atoms with E-state index in [1.807, 2.05) is 18.2 Å². The molecule has 1 aromatic carbocycles. The summed E-state index contributed by atoms with van der Waals surface area (Å²) in [7, 11) is 0. The van der Waals surface area contributed by atoms with Crippen molar-refractivity contribution in [3.63, 3.8) is 0 Å². The number of benzene rings is 1. The van der Waals surface area contributed by atoms with Gasteiger partial charge in [-0.3, -0.25) is 0 Å². The standard InChI is InChI=1S/C13H18Cl2/c1-3-10(2)8-11(9-14)12-6-4-5-7-13(12)15/h4-7,10-11H,3,8-9H2,1-2H3. The topological polar surface area (TPSA) is 0 Å². The summed E-state index contributed by atoms with van der Waals surface area (Å²) in [5.74, 6) is 1.73. The van der Waals surface area contributed by atoms with Crippen molar-refractivity contribution in [1.29, 1.82) is 0 Å². The van der Waals surface area contributed by atoms with Gasteiger partial charge in [-0.2, -0.15) is 0 Å². The van der Waals surface area contributed by atoms with Crippen molar-refractivity contribution < 1.29 is 0 Å². The van der Waals surface area contributed by atoms with E-state index in [9.17, 15) is 0 Å². The third kappa shape index (κ3) is 3.70. The van der Waals surface area contributed by atoms with Crippen LogP contribution in [0.4, 0.5) is 0 Å². The van der Waals surface area contributed by atoms with Crippen molar-refractivity contribution in [3.05, 3.63) is 34.9 Å². The predicted molar refractivity (Wildman–Crippen MR) is 69.0 cm³/mol. The molecule has 2 atom stereocenters. The van der Waals surface area contributed by atoms with E-state index < -0.39 is 0 Å². The van der Waals surface area contributed by atoms with Crippen LogP contribution in [-0.2, 0) is 0 Å². The average Bonchev–Trinajstić information content (AvgIpc) is 2.26. The van der Waals surface area contributed by atoms with E-state index in [-0.39, 0.29) is 0 Å². The van der Waals surface area contributed by atoms with Gasteiger partial charge in [-0.05, 0) is 29.9 Å². The Morgan fingerprint density at radius 1 is 1.27 bits per heavy atom. The van der Waals surface area contributed by atoms with Crippen molar-refractivity contribution in [3.8, 4) is 0 Å². The van der Waals surface area contributed by atoms with Gasteiger partial charge in [-0.25, -0.2) is 0 Å². The molecule has 84 valence electrons. The minimum atomic E-state index is 0.385. The number of halogens is 2. The summed E-state index contributed by atoms with van der Waals surface area (Å²) in [5.41, 5.74) is 1.19. The Morgan fingerprint density at radius 2 is 1.93 bits per heavy atom. The summed E-state index contributed by atoms with van der Waals surface area (Å²) in [4.78, 5) is 0. The third-order valence-electron chi connectivity index (χ3n) is 2.92. The minimum Gasteiger partial charge on any atom is -0.126 e. The van der Waals surface area contributed by atoms with Crippen LogP contribution in [-0.4, -0.2) is 5.88 Å². The number of hydrogen-bond acceptors (Lipinski definition) is 0. The predicted octanol–water partition coefficient (Wildman–Crippen LogP) is 5.10. The molecule has 0 amide bonds. The van der Waals surface area contributed by atoms with E-state index >= 15 is 0 Å². The third-order valence-corrected chi connectivity index (χ3v) is 3.63. The van der Waals surface area contributed by atoms with Gasteiger partial charge in [0.25, 0.3) is 0 Å². The van der Waals surface area contributed by atoms with Gasteiger partial charge in [0.15, 0.2) is 0 Å². The second-order valence-corrected chi connectivity index (χ2v) is 4.84. The van der Waals surface area contributed by atoms with Crippen LogP contribution in [0.1, 0.15) is 38.2 Å². The number of rotatable bonds is 5. The Morgan fingerprint density at radius 3 is 2.47 bits per heavy atom. The zero-order valence-corrected chi connectivity index (χ0v) is 10.9. The van der Waals surface area contributed by atoms with Crippen LogP contribution in [0, 0.1) is 5.92 Å². The Labute approximate surface area is 103 Å². The fraction of sp³-hybridized carbons (Fsp3) is 0.538. The zero-order valence-electron chi connectivity index (χ0n) is 9.34. The summed E-state index contributed by atoms with van der Waals surface area (Å²) in [6, 6.07) is 8.00. The van der Waals surface area contributed by atoms with E-state index in [1.165, 1.54) is 12.0 Å². The molecule has 0 aromatic heterocycles. The lowest BCUT2D eigenvalue weighted by atomic mass is 9.90. The van der Waals surface area contributed by atoms with Crippen LogP contribution in [0.3, 0.4) is 0 Å². The average molecular weight is 245 g/mol. The largest absolute Gasteiger partial charge is 0.126 e. The van der Waals surface area contributed by atoms with Gasteiger partial charge in [0.1, 0.15) is 0 Å². The Balaban J connectivity index is 2.78. The van der Waals surface area contributed by atoms with E-state index in [4.69, 9.17) is 23.2 Å². The molecule has 0 aliphatic rings. The van der Waals surface area contributed by atoms with Crippen molar-refractivity contribution >= 4 is 23.2 Å². The fourth-order valence-corrected chi connectivity index (χ4v) is 2.31. The lowest BCUT2D eigenvalue weighted by molar-refractivity contribution is 0.473. The van der Waals surface area contributed by atoms with Crippen LogP contribution < -0.4 is 0 Å². The first-order chi connectivity index (χ1) is 7.19. The summed E-state index contributed by atoms with van der Waals surface area (Å²) in [5, 5.41) is 0.839. The van der Waals surface area contributed by atoms with Crippen LogP contribution in [0.2, 0.25) is 5.02 Å². The van der Waals surface area contributed by atoms with Crippen molar-refractivity contribution in [2.45, 2.75) is 32.6 Å². The summed E-state index contributed by atoms with van der Waals surface area (Å²) in [6.07, 6.45) is 2.31. The normalized spacial score (nSPS) is 14.9. The van der Waals surface area contributed by atoms with Crippen LogP contribution >= 0.6 is 23.2 Å². The van der Waals surface area contributed by atoms with Crippen LogP contribution in [0.15, 0.2) is 24.3 Å². The molecular weight excluding hydrogens is 227 g/mol. The summed E-state index contributed by atoms with van der Waals surface area (Å²) >= 11 is 12.2. The maximum Gasteiger partial charge on any atom is 0.0441 e. The molecule has 0 heterocycles. The first-order valence-electron chi connectivity index (χ1n) is 5.49. The van der Waals surface area contributed by atoms with E-state index in [0.29, 0.717) is 17.7 Å². The second-order valence-electron chi connectivity index (χ2n) is 4.12. The molecule has 0 nitrogen and oxygen atoms in total. The van der Waals surface area contributed by atoms with Gasteiger partial charge in [0.05, 0.1) is 0 Å². The Bertz CT molecular complexity index is 296. The van der Waals surface area contributed by atoms with Crippen LogP contribution in [0.5, 0.6) is 0 Å². The molecule has 0 fully saturated rings. The van der Waals surface area contributed by atoms with Gasteiger partial charge in [0.2, 0.25) is 0 Å². The highest BCUT2D eigenvalue weighted by atomic mass is 35.5. The molecular formula is C13H18Cl2. The first kappa shape index (κ1) is 12.9. The number of alkyl halides is 1. The molecule has 0 aliphatic carbocycles. The summed E-state index contributed by atoms with van der Waals surface area (Å²) in [6.45, 7) is 4.47. The molecule has 0 N–H and O–H groups in total. The smallest absolute Gasteiger partial charge is 0.0441 e. The van der Waals surface area contributed by atoms with Gasteiger partial charge in [0, 0.05) is 10.9 Å². The monoisotopic (exact) mass is 244 g/mol. The Hall–Kier alpha value is -0.200. The molecule has 0 bridgehead atoms. The highest BCUT2D eigenvalue weighted by Crippen LogP contribution is 2.31. The molecule has 0 saturated carbocycles. The second kappa shape index (κ2) is 6.40. The molecule has 0 saturated heterocycles.